The van der Waals surface area contributed by atoms with E-state index in [9.17, 15) is 4.79 Å². The molecule has 1 atom stereocenters. The minimum Gasteiger partial charge on any atom is -0.368 e. The average Bonchev–Trinajstić information content (AvgIpc) is 3.09. The number of nitrogens with zero attached hydrogens (tertiary/aromatic N) is 4. The minimum atomic E-state index is -0.201. The standard InChI is InChI=1S/C19H35N5O2/c1-20-19(21-8-11-22-9-4-2-3-5-10-22)24-14-12-23(13-15-24)18(25)17-7-6-16-26-17/h17H,2-16H2,1H3,(H,20,21). The molecule has 7 heteroatoms. The molecule has 1 amide bonds. The van der Waals surface area contributed by atoms with Gasteiger partial charge >= 0.3 is 0 Å². The van der Waals surface area contributed by atoms with Crippen molar-refractivity contribution < 1.29 is 9.53 Å². The molecular formula is C19H35N5O2. The highest BCUT2D eigenvalue weighted by molar-refractivity contribution is 5.82. The summed E-state index contributed by atoms with van der Waals surface area (Å²) in [6.45, 7) is 8.37. The van der Waals surface area contributed by atoms with E-state index in [2.05, 4.69) is 20.1 Å². The molecular weight excluding hydrogens is 330 g/mol. The Kier molecular flexibility index (Phi) is 7.55. The molecule has 3 aliphatic heterocycles. The second-order valence-corrected chi connectivity index (χ2v) is 7.54. The van der Waals surface area contributed by atoms with Crippen LogP contribution in [0.2, 0.25) is 0 Å². The van der Waals surface area contributed by atoms with Crippen molar-refractivity contribution in [3.63, 3.8) is 0 Å². The lowest BCUT2D eigenvalue weighted by molar-refractivity contribution is -0.142. The number of rotatable bonds is 4. The predicted octanol–water partition coefficient (Wildman–Crippen LogP) is 0.761. The van der Waals surface area contributed by atoms with E-state index in [0.29, 0.717) is 0 Å². The number of likely N-dealkylation sites (tertiary alicyclic amines) is 1. The number of guanidine groups is 1. The van der Waals surface area contributed by atoms with Crippen molar-refractivity contribution in [2.45, 2.75) is 44.6 Å². The zero-order valence-electron chi connectivity index (χ0n) is 16.3. The van der Waals surface area contributed by atoms with Crippen molar-refractivity contribution in [3.8, 4) is 0 Å². The van der Waals surface area contributed by atoms with Gasteiger partial charge in [-0.3, -0.25) is 9.79 Å². The molecule has 0 aliphatic carbocycles. The van der Waals surface area contributed by atoms with Crippen LogP contribution in [0.25, 0.3) is 0 Å². The molecule has 3 saturated heterocycles. The van der Waals surface area contributed by atoms with Crippen LogP contribution in [0.4, 0.5) is 0 Å². The molecule has 0 spiro atoms. The molecule has 1 N–H and O–H groups in total. The lowest BCUT2D eigenvalue weighted by Crippen LogP contribution is -2.55. The third kappa shape index (κ3) is 5.33. The monoisotopic (exact) mass is 365 g/mol. The summed E-state index contributed by atoms with van der Waals surface area (Å²) >= 11 is 0. The van der Waals surface area contributed by atoms with Crippen LogP contribution in [0.1, 0.15) is 38.5 Å². The van der Waals surface area contributed by atoms with Gasteiger partial charge in [0.1, 0.15) is 6.10 Å². The zero-order chi connectivity index (χ0) is 18.2. The molecule has 3 fully saturated rings. The Bertz CT molecular complexity index is 463. The summed E-state index contributed by atoms with van der Waals surface area (Å²) in [5.41, 5.74) is 0. The number of carbonyl (C=O) groups excluding carboxylic acids is 1. The maximum atomic E-state index is 12.5. The first-order chi connectivity index (χ1) is 12.8. The summed E-state index contributed by atoms with van der Waals surface area (Å²) in [5.74, 6) is 1.13. The molecule has 3 heterocycles. The van der Waals surface area contributed by atoms with Crippen LogP contribution in [-0.4, -0.2) is 98.7 Å². The van der Waals surface area contributed by atoms with Crippen molar-refractivity contribution in [3.05, 3.63) is 0 Å². The normalized spacial score (nSPS) is 26.0. The van der Waals surface area contributed by atoms with Gasteiger partial charge in [-0.2, -0.15) is 0 Å². The predicted molar refractivity (Wildman–Crippen MR) is 103 cm³/mol. The van der Waals surface area contributed by atoms with Crippen molar-refractivity contribution >= 4 is 11.9 Å². The van der Waals surface area contributed by atoms with E-state index in [-0.39, 0.29) is 12.0 Å². The van der Waals surface area contributed by atoms with Crippen molar-refractivity contribution in [1.29, 1.82) is 0 Å². The van der Waals surface area contributed by atoms with Crippen LogP contribution in [0.5, 0.6) is 0 Å². The maximum Gasteiger partial charge on any atom is 0.251 e. The molecule has 0 aromatic carbocycles. The summed E-state index contributed by atoms with van der Waals surface area (Å²) in [4.78, 5) is 23.7. The summed E-state index contributed by atoms with van der Waals surface area (Å²) in [7, 11) is 1.85. The van der Waals surface area contributed by atoms with E-state index < -0.39 is 0 Å². The Labute approximate surface area is 157 Å². The van der Waals surface area contributed by atoms with Crippen molar-refractivity contribution in [2.24, 2.45) is 4.99 Å². The molecule has 1 unspecified atom stereocenters. The lowest BCUT2D eigenvalue weighted by Gasteiger charge is -2.37. The largest absolute Gasteiger partial charge is 0.368 e. The number of hydrogen-bond donors (Lipinski definition) is 1. The van der Waals surface area contributed by atoms with E-state index in [1.165, 1.54) is 38.8 Å². The van der Waals surface area contributed by atoms with Gasteiger partial charge in [0.05, 0.1) is 0 Å². The molecule has 3 aliphatic rings. The van der Waals surface area contributed by atoms with Crippen molar-refractivity contribution in [1.82, 2.24) is 20.0 Å². The number of amides is 1. The van der Waals surface area contributed by atoms with E-state index in [1.807, 2.05) is 11.9 Å². The van der Waals surface area contributed by atoms with E-state index >= 15 is 0 Å². The summed E-state index contributed by atoms with van der Waals surface area (Å²) in [5, 5.41) is 3.51. The molecule has 3 rings (SSSR count). The Morgan fingerprint density at radius 2 is 1.69 bits per heavy atom. The average molecular weight is 366 g/mol. The van der Waals surface area contributed by atoms with Gasteiger partial charge in [-0.15, -0.1) is 0 Å². The summed E-state index contributed by atoms with van der Waals surface area (Å²) in [6.07, 6.45) is 7.08. The summed E-state index contributed by atoms with van der Waals surface area (Å²) < 4.78 is 5.54. The van der Waals surface area contributed by atoms with Gasteiger partial charge in [0.25, 0.3) is 5.91 Å². The van der Waals surface area contributed by atoms with Crippen LogP contribution in [-0.2, 0) is 9.53 Å². The molecule has 7 nitrogen and oxygen atoms in total. The fourth-order valence-electron chi connectivity index (χ4n) is 4.13. The quantitative estimate of drug-likeness (QED) is 0.589. The van der Waals surface area contributed by atoms with Gasteiger partial charge in [0.2, 0.25) is 0 Å². The molecule has 0 radical (unpaired) electrons. The maximum absolute atomic E-state index is 12.5. The molecule has 148 valence electrons. The fraction of sp³-hybridized carbons (Fsp3) is 0.895. The second-order valence-electron chi connectivity index (χ2n) is 7.54. The minimum absolute atomic E-state index is 0.172. The number of nitrogens with one attached hydrogen (secondary N) is 1. The first-order valence-electron chi connectivity index (χ1n) is 10.4. The zero-order valence-corrected chi connectivity index (χ0v) is 16.3. The number of ether oxygens (including phenoxy) is 1. The Morgan fingerprint density at radius 1 is 1.00 bits per heavy atom. The topological polar surface area (TPSA) is 60.4 Å². The Morgan fingerprint density at radius 3 is 2.31 bits per heavy atom. The summed E-state index contributed by atoms with van der Waals surface area (Å²) in [6, 6.07) is 0. The van der Waals surface area contributed by atoms with Crippen LogP contribution < -0.4 is 5.32 Å². The first kappa shape index (κ1) is 19.4. The third-order valence-electron chi connectivity index (χ3n) is 5.72. The molecule has 0 aromatic rings. The third-order valence-corrected chi connectivity index (χ3v) is 5.72. The van der Waals surface area contributed by atoms with Crippen LogP contribution >= 0.6 is 0 Å². The van der Waals surface area contributed by atoms with E-state index in [0.717, 1.165) is 64.7 Å². The Hall–Kier alpha value is -1.34. The Balaban J connectivity index is 1.38. The van der Waals surface area contributed by atoms with Gasteiger partial charge in [0, 0.05) is 52.9 Å². The van der Waals surface area contributed by atoms with Crippen LogP contribution in [0.3, 0.4) is 0 Å². The van der Waals surface area contributed by atoms with Crippen molar-refractivity contribution in [2.75, 3.05) is 66.0 Å². The molecule has 26 heavy (non-hydrogen) atoms. The highest BCUT2D eigenvalue weighted by atomic mass is 16.5. The van der Waals surface area contributed by atoms with Gasteiger partial charge < -0.3 is 24.8 Å². The van der Waals surface area contributed by atoms with Crippen LogP contribution in [0.15, 0.2) is 4.99 Å². The smallest absolute Gasteiger partial charge is 0.251 e. The number of piperazine rings is 1. The van der Waals surface area contributed by atoms with Crippen LogP contribution in [0, 0.1) is 0 Å². The van der Waals surface area contributed by atoms with Gasteiger partial charge in [-0.05, 0) is 38.8 Å². The lowest BCUT2D eigenvalue weighted by atomic mass is 10.2. The molecule has 0 saturated carbocycles. The second kappa shape index (κ2) is 10.1. The van der Waals surface area contributed by atoms with E-state index in [1.54, 1.807) is 0 Å². The number of hydrogen-bond acceptors (Lipinski definition) is 4. The van der Waals surface area contributed by atoms with Gasteiger partial charge in [-0.1, -0.05) is 12.8 Å². The van der Waals surface area contributed by atoms with Gasteiger partial charge in [0.15, 0.2) is 5.96 Å². The molecule has 0 bridgehead atoms. The number of carbonyl (C=O) groups is 1. The molecule has 0 aromatic heterocycles. The number of aliphatic imine (C=N–C) groups is 1. The fourth-order valence-corrected chi connectivity index (χ4v) is 4.13. The SMILES string of the molecule is CN=C(NCCN1CCCCCC1)N1CCN(C(=O)C2CCCO2)CC1. The van der Waals surface area contributed by atoms with E-state index in [4.69, 9.17) is 4.74 Å². The van der Waals surface area contributed by atoms with Gasteiger partial charge in [-0.25, -0.2) is 0 Å². The highest BCUT2D eigenvalue weighted by Crippen LogP contribution is 2.16. The highest BCUT2D eigenvalue weighted by Gasteiger charge is 2.30. The first-order valence-corrected chi connectivity index (χ1v) is 10.4.